The zero-order chi connectivity index (χ0) is 55.9. The van der Waals surface area contributed by atoms with Gasteiger partial charge in [-0.25, -0.2) is 29.9 Å². The Kier molecular flexibility index (Phi) is 19.2. The molecule has 3 saturated heterocycles. The summed E-state index contributed by atoms with van der Waals surface area (Å²) in [6.45, 7) is 8.00. The topological polar surface area (TPSA) is 153 Å². The third-order valence-electron chi connectivity index (χ3n) is 16.3. The van der Waals surface area contributed by atoms with Gasteiger partial charge in [-0.1, -0.05) is 71.2 Å². The molecule has 12 heterocycles. The van der Waals surface area contributed by atoms with Crippen LogP contribution in [0.15, 0.2) is 147 Å². The van der Waals surface area contributed by atoms with Crippen LogP contribution in [0, 0.1) is 36.0 Å². The average Bonchev–Trinajstić information content (AvgIpc) is 1.74. The molecule has 6 aromatic heterocycles. The van der Waals surface area contributed by atoms with Crippen LogP contribution >= 0.6 is 40.7 Å². The van der Waals surface area contributed by atoms with Gasteiger partial charge < -0.3 is 0 Å². The predicted molar refractivity (Wildman–Crippen MR) is 337 cm³/mol. The summed E-state index contributed by atoms with van der Waals surface area (Å²) in [6, 6.07) is 35.3. The zero-order valence-corrected chi connectivity index (χ0v) is 49.7. The molecule has 426 valence electrons. The lowest BCUT2D eigenvalue weighted by Gasteiger charge is -2.40. The van der Waals surface area contributed by atoms with E-state index < -0.39 is 0 Å². The van der Waals surface area contributed by atoms with Crippen molar-refractivity contribution in [3.8, 4) is 36.0 Å². The molecule has 0 saturated carbocycles. The van der Waals surface area contributed by atoms with Crippen molar-refractivity contribution in [1.82, 2.24) is 58.3 Å². The van der Waals surface area contributed by atoms with Crippen molar-refractivity contribution in [1.29, 1.82) is 0 Å². The third-order valence-corrected chi connectivity index (χ3v) is 16.8. The van der Waals surface area contributed by atoms with Crippen LogP contribution in [0.1, 0.15) is 103 Å². The van der Waals surface area contributed by atoms with Gasteiger partial charge in [-0.15, -0.1) is 31.2 Å². The molecule has 15 rings (SSSR count). The standard InChI is InChI=1S/2C22H20N4O.C15H16BrN3O.C7H5N.2ClH/c2*27-22-19-10-8-16(7-9-17-5-1-3-11-23-17)13-20(19)24-21-15-25-12-4-2-6-18(25)14-26(21)22;16-10-4-5-12-13(7-10)17-14-9-18-6-2-1-3-11(18)8-19(14)15(12)20;1-2-7-5-3-4-6-8-7;;/h2*1,3,5,8,10-11,13,18H,2,4,6,12,14-15H2;4-5,7,11H,1-3,6,8-9H2;1,3-6H;2*1H. The first-order chi connectivity index (χ1) is 40.2. The largest absolute Gasteiger partial charge is 0.293 e. The smallest absolute Gasteiger partial charge is 0.261 e. The van der Waals surface area contributed by atoms with Crippen LogP contribution in [0.5, 0.6) is 0 Å². The molecule has 84 heavy (non-hydrogen) atoms. The average molecular weight is 1220 g/mol. The minimum absolute atomic E-state index is 0. The predicted octanol–water partition coefficient (Wildman–Crippen LogP) is 9.55. The summed E-state index contributed by atoms with van der Waals surface area (Å²) in [5.74, 6) is 17.5. The van der Waals surface area contributed by atoms with Gasteiger partial charge in [0.25, 0.3) is 16.7 Å². The van der Waals surface area contributed by atoms with Gasteiger partial charge in [-0.3, -0.25) is 42.8 Å². The Morgan fingerprint density at radius 3 is 1.17 bits per heavy atom. The maximum atomic E-state index is 13.0. The van der Waals surface area contributed by atoms with E-state index in [1.807, 2.05) is 117 Å². The Bertz CT molecular complexity index is 4030. The lowest BCUT2D eigenvalue weighted by atomic mass is 10.00. The van der Waals surface area contributed by atoms with Crippen LogP contribution in [0.2, 0.25) is 0 Å². The van der Waals surface area contributed by atoms with E-state index in [1.54, 1.807) is 24.7 Å². The summed E-state index contributed by atoms with van der Waals surface area (Å²) >= 11 is 3.45. The highest BCUT2D eigenvalue weighted by atomic mass is 79.9. The molecule has 0 radical (unpaired) electrons. The van der Waals surface area contributed by atoms with Crippen LogP contribution < -0.4 is 16.7 Å². The third kappa shape index (κ3) is 13.4. The van der Waals surface area contributed by atoms with E-state index in [2.05, 4.69) is 75.2 Å². The van der Waals surface area contributed by atoms with Crippen LogP contribution in [-0.2, 0) is 39.3 Å². The summed E-state index contributed by atoms with van der Waals surface area (Å²) in [4.78, 5) is 72.7. The van der Waals surface area contributed by atoms with Gasteiger partial charge >= 0.3 is 0 Å². The Hall–Kier alpha value is -7.85. The molecule has 0 bridgehead atoms. The van der Waals surface area contributed by atoms with Crippen LogP contribution in [0.3, 0.4) is 0 Å². The van der Waals surface area contributed by atoms with E-state index in [9.17, 15) is 14.4 Å². The number of nitrogens with zero attached hydrogens (tertiary/aromatic N) is 12. The first-order valence-electron chi connectivity index (χ1n) is 28.4. The van der Waals surface area contributed by atoms with E-state index in [0.717, 1.165) is 125 Å². The number of pyridine rings is 3. The maximum Gasteiger partial charge on any atom is 0.261 e. The van der Waals surface area contributed by atoms with Crippen molar-refractivity contribution in [2.45, 2.75) is 115 Å². The van der Waals surface area contributed by atoms with E-state index in [0.29, 0.717) is 34.6 Å². The molecule has 18 heteroatoms. The minimum Gasteiger partial charge on any atom is -0.293 e. The zero-order valence-electron chi connectivity index (χ0n) is 46.4. The molecular formula is C66H63BrCl2N12O3. The number of hydrogen-bond donors (Lipinski definition) is 0. The second-order valence-corrected chi connectivity index (χ2v) is 22.5. The molecule has 3 aromatic carbocycles. The molecule has 3 fully saturated rings. The van der Waals surface area contributed by atoms with Crippen molar-refractivity contribution in [3.63, 3.8) is 0 Å². The van der Waals surface area contributed by atoms with Crippen molar-refractivity contribution in [2.75, 3.05) is 19.6 Å². The van der Waals surface area contributed by atoms with Gasteiger partial charge in [0.15, 0.2) is 0 Å². The fraction of sp³-hybridized carbons (Fsp3) is 0.318. The van der Waals surface area contributed by atoms with E-state index in [-0.39, 0.29) is 41.5 Å². The first kappa shape index (κ1) is 59.3. The lowest BCUT2D eigenvalue weighted by molar-refractivity contribution is 0.0952. The molecule has 0 amide bonds. The Morgan fingerprint density at radius 1 is 0.440 bits per heavy atom. The summed E-state index contributed by atoms with van der Waals surface area (Å²) < 4.78 is 6.62. The Balaban J connectivity index is 0.000000131. The normalized spacial score (nSPS) is 18.4. The molecule has 15 nitrogen and oxygen atoms in total. The van der Waals surface area contributed by atoms with Crippen LogP contribution in [0.4, 0.5) is 0 Å². The van der Waals surface area contributed by atoms with Gasteiger partial charge in [0.1, 0.15) is 34.6 Å². The molecular weight excluding hydrogens is 1160 g/mol. The number of aromatic nitrogens is 9. The number of halogens is 3. The molecule has 6 aliphatic heterocycles. The molecule has 0 spiro atoms. The number of benzene rings is 3. The minimum atomic E-state index is 0. The monoisotopic (exact) mass is 1220 g/mol. The number of piperidine rings is 3. The van der Waals surface area contributed by atoms with E-state index in [4.69, 9.17) is 21.4 Å². The SMILES string of the molecule is C#Cc1ccccn1.Cl.Cl.O=c1c2ccc(Br)cc2nc2n1CC1CCCCN1C2.O=c1c2ccc(C#Cc3ccccn3)cc2nc2n1CC1CCCCN1C2.O=c1c2ccc(C#Cc3ccccn3)cc2nc2n1CC1CCCCN1C2. The van der Waals surface area contributed by atoms with Crippen molar-refractivity contribution in [2.24, 2.45) is 0 Å². The quantitative estimate of drug-likeness (QED) is 0.133. The van der Waals surface area contributed by atoms with E-state index >= 15 is 0 Å². The van der Waals surface area contributed by atoms with Crippen molar-refractivity contribution in [3.05, 3.63) is 209 Å². The molecule has 3 unspecified atom stereocenters. The van der Waals surface area contributed by atoms with Crippen LogP contribution in [-0.4, -0.2) is 96.1 Å². The van der Waals surface area contributed by atoms with Gasteiger partial charge in [0.05, 0.1) is 52.3 Å². The molecule has 0 aliphatic carbocycles. The van der Waals surface area contributed by atoms with Crippen molar-refractivity contribution < 1.29 is 0 Å². The second kappa shape index (κ2) is 27.2. The van der Waals surface area contributed by atoms with Gasteiger partial charge in [0.2, 0.25) is 0 Å². The van der Waals surface area contributed by atoms with Gasteiger partial charge in [-0.05, 0) is 161 Å². The van der Waals surface area contributed by atoms with E-state index in [1.165, 1.54) is 57.8 Å². The second-order valence-electron chi connectivity index (χ2n) is 21.6. The first-order valence-corrected chi connectivity index (χ1v) is 29.2. The van der Waals surface area contributed by atoms with Gasteiger partial charge in [0, 0.05) is 71.9 Å². The number of fused-ring (bicyclic) bond motifs is 9. The van der Waals surface area contributed by atoms with Gasteiger partial charge in [-0.2, -0.15) is 0 Å². The van der Waals surface area contributed by atoms with Crippen molar-refractivity contribution >= 4 is 73.5 Å². The van der Waals surface area contributed by atoms with Crippen LogP contribution in [0.25, 0.3) is 32.7 Å². The summed E-state index contributed by atoms with van der Waals surface area (Å²) in [7, 11) is 0. The summed E-state index contributed by atoms with van der Waals surface area (Å²) in [5, 5.41) is 2.07. The fourth-order valence-electron chi connectivity index (χ4n) is 12.1. The molecule has 6 aliphatic rings. The summed E-state index contributed by atoms with van der Waals surface area (Å²) in [6.07, 6.45) is 21.2. The number of rotatable bonds is 0. The molecule has 9 aromatic rings. The number of terminal acetylenes is 1. The molecule has 0 N–H and O–H groups in total. The fourth-order valence-corrected chi connectivity index (χ4v) is 12.4. The Labute approximate surface area is 508 Å². The maximum absolute atomic E-state index is 13.0. The lowest BCUT2D eigenvalue weighted by Crippen LogP contribution is -2.49. The molecule has 3 atom stereocenters. The highest BCUT2D eigenvalue weighted by Gasteiger charge is 2.33. The Morgan fingerprint density at radius 2 is 0.810 bits per heavy atom. The number of hydrogen-bond acceptors (Lipinski definition) is 12. The highest BCUT2D eigenvalue weighted by Crippen LogP contribution is 2.28. The highest BCUT2D eigenvalue weighted by molar-refractivity contribution is 9.10. The summed E-state index contributed by atoms with van der Waals surface area (Å²) in [5.41, 5.74) is 6.35.